The van der Waals surface area contributed by atoms with Gasteiger partial charge in [0.15, 0.2) is 0 Å². The van der Waals surface area contributed by atoms with Crippen molar-refractivity contribution in [3.8, 4) is 0 Å². The minimum atomic E-state index is -0.0643. The number of unbranched alkanes of at least 4 members (excludes halogenated alkanes) is 2. The number of hydrogen-bond donors (Lipinski definition) is 1. The Hall–Kier alpha value is -2.06. The van der Waals surface area contributed by atoms with Gasteiger partial charge in [0.1, 0.15) is 0 Å². The van der Waals surface area contributed by atoms with Crippen LogP contribution in [0.1, 0.15) is 131 Å². The lowest BCUT2D eigenvalue weighted by Crippen LogP contribution is -2.31. The number of hydrogen-bond acceptors (Lipinski definition) is 1. The first-order valence-electron chi connectivity index (χ1n) is 16.3. The van der Waals surface area contributed by atoms with Gasteiger partial charge in [0.25, 0.3) is 6.85 Å². The van der Waals surface area contributed by atoms with Gasteiger partial charge >= 0.3 is 0 Å². The molecular formula is C38H49BBrIN2O. The molecular weight excluding hydrogens is 718 g/mol. The maximum atomic E-state index is 14.8. The van der Waals surface area contributed by atoms with Gasteiger partial charge < -0.3 is 9.46 Å². The van der Waals surface area contributed by atoms with Gasteiger partial charge in [-0.25, -0.2) is 0 Å². The topological polar surface area (TPSA) is 37.8 Å². The van der Waals surface area contributed by atoms with Crippen molar-refractivity contribution >= 4 is 51.2 Å². The Balaban J connectivity index is 1.98. The second-order valence-electron chi connectivity index (χ2n) is 14.3. The molecule has 234 valence electrons. The molecule has 0 bridgehead atoms. The molecule has 0 aliphatic heterocycles. The van der Waals surface area contributed by atoms with Crippen LogP contribution in [0, 0.1) is 3.57 Å². The number of carbonyl (C=O) groups excluding carboxylic acids is 1. The van der Waals surface area contributed by atoms with Crippen molar-refractivity contribution in [2.75, 3.05) is 0 Å². The van der Waals surface area contributed by atoms with Gasteiger partial charge in [-0.2, -0.15) is 0 Å². The Bertz CT molecular complexity index is 1510. The van der Waals surface area contributed by atoms with E-state index in [0.29, 0.717) is 0 Å². The highest BCUT2D eigenvalue weighted by Gasteiger charge is 2.31. The zero-order valence-electron chi connectivity index (χ0n) is 27.9. The quantitative estimate of drug-likeness (QED) is 0.0870. The molecule has 4 aromatic rings. The highest BCUT2D eigenvalue weighted by Crippen LogP contribution is 2.37. The van der Waals surface area contributed by atoms with Crippen LogP contribution in [-0.4, -0.2) is 22.1 Å². The van der Waals surface area contributed by atoms with Crippen LogP contribution in [0.25, 0.3) is 0 Å². The van der Waals surface area contributed by atoms with Gasteiger partial charge in [-0.3, -0.25) is 4.79 Å². The second kappa shape index (κ2) is 14.6. The van der Waals surface area contributed by atoms with Gasteiger partial charge in [0.05, 0.1) is 16.2 Å². The van der Waals surface area contributed by atoms with E-state index < -0.39 is 0 Å². The van der Waals surface area contributed by atoms with Crippen molar-refractivity contribution in [1.29, 1.82) is 0 Å². The van der Waals surface area contributed by atoms with Crippen molar-refractivity contribution in [3.63, 3.8) is 0 Å². The van der Waals surface area contributed by atoms with E-state index in [4.69, 9.17) is 0 Å². The van der Waals surface area contributed by atoms with Crippen LogP contribution in [0.4, 0.5) is 0 Å². The second-order valence-corrected chi connectivity index (χ2v) is 16.4. The number of aromatic nitrogens is 2. The molecule has 2 aromatic heterocycles. The standard InChI is InChI=1S/C38H49BBrIN2O/c1-9-11-21-39(22-12-10-2)43-32(35(31-17-20-34(40)42-31)26-13-15-30(41)16-14-26)18-19-33(43)36(44)27-23-28(37(3,4)5)25-29(24-27)38(6,7)8/h13-20,23-25,35,42H,9-12,21-22H2,1-8H3. The summed E-state index contributed by atoms with van der Waals surface area (Å²) < 4.78 is 4.60. The van der Waals surface area contributed by atoms with Gasteiger partial charge in [-0.05, 0) is 115 Å². The zero-order valence-corrected chi connectivity index (χ0v) is 31.6. The molecule has 0 aliphatic rings. The first-order valence-corrected chi connectivity index (χ1v) is 18.1. The van der Waals surface area contributed by atoms with Crippen molar-refractivity contribution < 1.29 is 4.79 Å². The Morgan fingerprint density at radius 3 is 1.89 bits per heavy atom. The molecule has 6 heteroatoms. The zero-order chi connectivity index (χ0) is 32.2. The third kappa shape index (κ3) is 8.20. The number of benzene rings is 2. The fourth-order valence-corrected chi connectivity index (χ4v) is 6.78. The first-order chi connectivity index (χ1) is 20.7. The number of rotatable bonds is 12. The fourth-order valence-electron chi connectivity index (χ4n) is 6.06. The molecule has 0 radical (unpaired) electrons. The molecule has 2 heterocycles. The number of halogens is 2. The van der Waals surface area contributed by atoms with Crippen molar-refractivity contribution in [1.82, 2.24) is 9.46 Å². The van der Waals surface area contributed by atoms with Crippen LogP contribution in [-0.2, 0) is 10.8 Å². The number of aromatic amines is 1. The SMILES string of the molecule is CCCCB(CCCC)n1c(C(=O)c2cc(C(C)(C)C)cc(C(C)(C)C)c2)ccc1C(c1ccc(I)cc1)c1ccc(Br)[nH]1. The van der Waals surface area contributed by atoms with E-state index in [1.54, 1.807) is 0 Å². The third-order valence-corrected chi connectivity index (χ3v) is 9.92. The molecule has 0 aliphatic carbocycles. The van der Waals surface area contributed by atoms with Crippen molar-refractivity contribution in [3.05, 3.63) is 114 Å². The van der Waals surface area contributed by atoms with Gasteiger partial charge in [-0.15, -0.1) is 0 Å². The highest BCUT2D eigenvalue weighted by molar-refractivity contribution is 14.1. The number of carbonyl (C=O) groups is 1. The summed E-state index contributed by atoms with van der Waals surface area (Å²) in [6, 6.07) is 24.0. The lowest BCUT2D eigenvalue weighted by Gasteiger charge is -2.27. The van der Waals surface area contributed by atoms with Crippen LogP contribution in [0.15, 0.2) is 71.3 Å². The molecule has 1 atom stereocenters. The van der Waals surface area contributed by atoms with Gasteiger partial charge in [-0.1, -0.05) is 112 Å². The minimum absolute atomic E-state index is 0.0309. The van der Waals surface area contributed by atoms with Crippen LogP contribution < -0.4 is 0 Å². The Morgan fingerprint density at radius 1 is 0.841 bits per heavy atom. The average molecular weight is 767 g/mol. The van der Waals surface area contributed by atoms with E-state index in [2.05, 4.69) is 170 Å². The largest absolute Gasteiger partial charge is 0.386 e. The predicted octanol–water partition coefficient (Wildman–Crippen LogP) is 11.6. The maximum Gasteiger partial charge on any atom is 0.260 e. The average Bonchev–Trinajstić information content (AvgIpc) is 3.59. The van der Waals surface area contributed by atoms with E-state index in [1.165, 1.54) is 26.0 Å². The molecule has 44 heavy (non-hydrogen) atoms. The van der Waals surface area contributed by atoms with Crippen molar-refractivity contribution in [2.24, 2.45) is 0 Å². The summed E-state index contributed by atoms with van der Waals surface area (Å²) >= 11 is 6.03. The molecule has 0 fully saturated rings. The Kier molecular flexibility index (Phi) is 11.5. The highest BCUT2D eigenvalue weighted by atomic mass is 127. The summed E-state index contributed by atoms with van der Waals surface area (Å²) in [4.78, 5) is 18.4. The Labute approximate surface area is 288 Å². The fraction of sp³-hybridized carbons (Fsp3) is 0.447. The van der Waals surface area contributed by atoms with E-state index >= 15 is 0 Å². The van der Waals surface area contributed by atoms with Crippen molar-refractivity contribution in [2.45, 2.75) is 110 Å². The molecule has 1 N–H and O–H groups in total. The summed E-state index contributed by atoms with van der Waals surface area (Å²) in [6.45, 7) is 18.2. The molecule has 0 saturated heterocycles. The Morgan fingerprint density at radius 2 is 1.41 bits per heavy atom. The summed E-state index contributed by atoms with van der Waals surface area (Å²) in [5.74, 6) is 0.0801. The number of H-pyrrole nitrogens is 1. The smallest absolute Gasteiger partial charge is 0.260 e. The normalized spacial score (nSPS) is 12.9. The summed E-state index contributed by atoms with van der Waals surface area (Å²) in [7, 11) is 0. The monoisotopic (exact) mass is 766 g/mol. The lowest BCUT2D eigenvalue weighted by molar-refractivity contribution is 0.103. The molecule has 0 saturated carbocycles. The first kappa shape index (κ1) is 34.8. The summed E-state index contributed by atoms with van der Waals surface area (Å²) in [5.41, 5.74) is 7.36. The molecule has 4 rings (SSSR count). The van der Waals surface area contributed by atoms with Gasteiger partial charge in [0.2, 0.25) is 5.78 Å². The van der Waals surface area contributed by atoms with Crippen LogP contribution >= 0.6 is 38.5 Å². The summed E-state index contributed by atoms with van der Waals surface area (Å²) in [6.07, 6.45) is 6.65. The van der Waals surface area contributed by atoms with Gasteiger partial charge in [0, 0.05) is 20.5 Å². The lowest BCUT2D eigenvalue weighted by atomic mass is 9.53. The van der Waals surface area contributed by atoms with E-state index in [1.807, 2.05) is 0 Å². The van der Waals surface area contributed by atoms with E-state index in [9.17, 15) is 4.79 Å². The summed E-state index contributed by atoms with van der Waals surface area (Å²) in [5, 5.41) is 0. The molecule has 3 nitrogen and oxygen atoms in total. The molecule has 1 unspecified atom stereocenters. The number of ketones is 1. The van der Waals surface area contributed by atoms with Crippen LogP contribution in [0.5, 0.6) is 0 Å². The number of nitrogens with one attached hydrogen (secondary N) is 1. The van der Waals surface area contributed by atoms with Crippen LogP contribution in [0.2, 0.25) is 12.6 Å². The van der Waals surface area contributed by atoms with Crippen LogP contribution in [0.3, 0.4) is 0 Å². The minimum Gasteiger partial charge on any atom is -0.386 e. The number of nitrogens with zero attached hydrogens (tertiary/aromatic N) is 1. The van der Waals surface area contributed by atoms with E-state index in [0.717, 1.165) is 59.9 Å². The van der Waals surface area contributed by atoms with E-state index in [-0.39, 0.29) is 29.4 Å². The molecule has 2 aromatic carbocycles. The molecule has 0 amide bonds. The maximum absolute atomic E-state index is 14.8. The predicted molar refractivity (Wildman–Crippen MR) is 201 cm³/mol. The molecule has 0 spiro atoms. The third-order valence-electron chi connectivity index (χ3n) is 8.74.